The molecule has 2 fully saturated rings. The number of piperazine rings is 1. The van der Waals surface area contributed by atoms with E-state index < -0.39 is 11.7 Å². The van der Waals surface area contributed by atoms with Gasteiger partial charge >= 0.3 is 0 Å². The number of methoxy groups -OCH3 is 1. The second-order valence-electron chi connectivity index (χ2n) is 11.2. The number of Topliss-reactive ketones (excluding diaryl/α,β-unsaturated/α-hetero) is 1. The average Bonchev–Trinajstić information content (AvgIpc) is 3.26. The summed E-state index contributed by atoms with van der Waals surface area (Å²) in [6.07, 6.45) is 2.44. The molecule has 2 aliphatic rings. The Kier molecular flexibility index (Phi) is 7.94. The second kappa shape index (κ2) is 11.4. The lowest BCUT2D eigenvalue weighted by Crippen LogP contribution is -2.57. The molecule has 0 aliphatic carbocycles. The molecule has 5 rings (SSSR count). The van der Waals surface area contributed by atoms with Crippen molar-refractivity contribution in [3.8, 4) is 5.75 Å². The van der Waals surface area contributed by atoms with Crippen LogP contribution >= 0.6 is 0 Å². The molecule has 9 heteroatoms. The number of carbonyl (C=O) groups excluding carboxylic acids is 3. The summed E-state index contributed by atoms with van der Waals surface area (Å²) < 4.78 is 20.4. The maximum Gasteiger partial charge on any atom is 0.295 e. The van der Waals surface area contributed by atoms with Crippen LogP contribution in [0.1, 0.15) is 53.1 Å². The first kappa shape index (κ1) is 27.8. The third-order valence-electron chi connectivity index (χ3n) is 8.40. The van der Waals surface area contributed by atoms with Crippen LogP contribution < -0.4 is 10.1 Å². The molecule has 2 amide bonds. The molecule has 40 heavy (non-hydrogen) atoms. The number of amides is 2. The number of nitrogens with zero attached hydrogens (tertiary/aromatic N) is 3. The van der Waals surface area contributed by atoms with Gasteiger partial charge in [-0.2, -0.15) is 0 Å². The van der Waals surface area contributed by atoms with Gasteiger partial charge in [-0.05, 0) is 68.9 Å². The number of rotatable bonds is 6. The van der Waals surface area contributed by atoms with Gasteiger partial charge in [0, 0.05) is 56.8 Å². The highest BCUT2D eigenvalue weighted by atomic mass is 19.1. The Hall–Kier alpha value is -3.72. The van der Waals surface area contributed by atoms with Gasteiger partial charge in [0.15, 0.2) is 0 Å². The van der Waals surface area contributed by atoms with Crippen molar-refractivity contribution >= 4 is 28.5 Å². The third kappa shape index (κ3) is 5.35. The van der Waals surface area contributed by atoms with Gasteiger partial charge < -0.3 is 24.4 Å². The normalized spacial score (nSPS) is 20.1. The first-order valence-corrected chi connectivity index (χ1v) is 14.0. The highest BCUT2D eigenvalue weighted by Gasteiger charge is 2.37. The minimum atomic E-state index is -0.661. The van der Waals surface area contributed by atoms with E-state index in [0.717, 1.165) is 24.8 Å². The van der Waals surface area contributed by atoms with Gasteiger partial charge in [0.2, 0.25) is 0 Å². The van der Waals surface area contributed by atoms with E-state index in [1.165, 1.54) is 12.1 Å². The number of aryl methyl sites for hydroxylation is 1. The van der Waals surface area contributed by atoms with Crippen LogP contribution in [-0.4, -0.2) is 77.3 Å². The van der Waals surface area contributed by atoms with Crippen molar-refractivity contribution < 1.29 is 23.5 Å². The molecule has 2 aromatic carbocycles. The predicted molar refractivity (Wildman–Crippen MR) is 151 cm³/mol. The summed E-state index contributed by atoms with van der Waals surface area (Å²) in [4.78, 5) is 44.9. The summed E-state index contributed by atoms with van der Waals surface area (Å²) in [6.45, 7) is 6.02. The number of likely N-dealkylation sites (tertiary alicyclic amines) is 1. The van der Waals surface area contributed by atoms with Crippen LogP contribution in [0, 0.1) is 11.7 Å². The van der Waals surface area contributed by atoms with Crippen molar-refractivity contribution in [2.45, 2.75) is 45.2 Å². The Morgan fingerprint density at radius 1 is 1.05 bits per heavy atom. The van der Waals surface area contributed by atoms with Gasteiger partial charge in [-0.15, -0.1) is 0 Å². The van der Waals surface area contributed by atoms with Crippen LogP contribution in [0.2, 0.25) is 0 Å². The second-order valence-corrected chi connectivity index (χ2v) is 11.2. The Labute approximate surface area is 234 Å². The van der Waals surface area contributed by atoms with E-state index in [1.54, 1.807) is 46.7 Å². The number of hydrogen-bond donors (Lipinski definition) is 1. The molecule has 3 heterocycles. The van der Waals surface area contributed by atoms with Crippen LogP contribution in [0.5, 0.6) is 5.75 Å². The summed E-state index contributed by atoms with van der Waals surface area (Å²) in [7, 11) is 3.32. The zero-order chi connectivity index (χ0) is 28.6. The van der Waals surface area contributed by atoms with Gasteiger partial charge in [-0.3, -0.25) is 14.4 Å². The highest BCUT2D eigenvalue weighted by Crippen LogP contribution is 2.32. The fraction of sp³-hybridized carbons (Fsp3) is 0.452. The predicted octanol–water partition coefficient (Wildman–Crippen LogP) is 3.81. The zero-order valence-corrected chi connectivity index (χ0v) is 23.6. The van der Waals surface area contributed by atoms with Gasteiger partial charge in [-0.25, -0.2) is 4.39 Å². The van der Waals surface area contributed by atoms with E-state index in [-0.39, 0.29) is 35.1 Å². The van der Waals surface area contributed by atoms with Crippen molar-refractivity contribution in [1.29, 1.82) is 0 Å². The van der Waals surface area contributed by atoms with E-state index in [2.05, 4.69) is 5.32 Å². The fourth-order valence-corrected chi connectivity index (χ4v) is 6.01. The SMILES string of the molecule is COc1ccc2c(C(=O)C(=O)N3C[C@H](C)NC[C@H]3C)c(C(=O)N3CCC(Cc4ccc(F)cc4)CC3)n(C)c2c1. The lowest BCUT2D eigenvalue weighted by molar-refractivity contribution is -0.129. The van der Waals surface area contributed by atoms with Crippen LogP contribution in [0.3, 0.4) is 0 Å². The molecule has 2 aliphatic heterocycles. The van der Waals surface area contributed by atoms with Crippen LogP contribution in [0.25, 0.3) is 10.9 Å². The molecule has 2 saturated heterocycles. The van der Waals surface area contributed by atoms with E-state index in [4.69, 9.17) is 4.74 Å². The number of aromatic nitrogens is 1. The van der Waals surface area contributed by atoms with Crippen LogP contribution in [0.15, 0.2) is 42.5 Å². The van der Waals surface area contributed by atoms with Crippen molar-refractivity contribution in [2.75, 3.05) is 33.3 Å². The Morgan fingerprint density at radius 3 is 2.42 bits per heavy atom. The third-order valence-corrected chi connectivity index (χ3v) is 8.40. The number of piperidine rings is 1. The molecule has 0 saturated carbocycles. The van der Waals surface area contributed by atoms with Crippen LogP contribution in [0.4, 0.5) is 4.39 Å². The minimum Gasteiger partial charge on any atom is -0.497 e. The molecule has 2 atom stereocenters. The highest BCUT2D eigenvalue weighted by molar-refractivity contribution is 6.46. The molecule has 1 aromatic heterocycles. The number of benzene rings is 2. The van der Waals surface area contributed by atoms with E-state index in [1.807, 2.05) is 26.0 Å². The number of nitrogens with one attached hydrogen (secondary N) is 1. The molecular weight excluding hydrogens is 511 g/mol. The summed E-state index contributed by atoms with van der Waals surface area (Å²) in [5.41, 5.74) is 2.12. The lowest BCUT2D eigenvalue weighted by atomic mass is 9.90. The lowest BCUT2D eigenvalue weighted by Gasteiger charge is -2.37. The summed E-state index contributed by atoms with van der Waals surface area (Å²) in [5.74, 6) is -0.770. The molecular formula is C31H37FN4O4. The Balaban J connectivity index is 1.43. The van der Waals surface area contributed by atoms with E-state index in [9.17, 15) is 18.8 Å². The van der Waals surface area contributed by atoms with Gasteiger partial charge in [0.05, 0.1) is 18.2 Å². The molecule has 0 spiro atoms. The van der Waals surface area contributed by atoms with Crippen molar-refractivity contribution in [1.82, 2.24) is 19.7 Å². The van der Waals surface area contributed by atoms with E-state index >= 15 is 0 Å². The molecule has 212 valence electrons. The minimum absolute atomic E-state index is 0.0713. The first-order chi connectivity index (χ1) is 19.2. The fourth-order valence-electron chi connectivity index (χ4n) is 6.01. The van der Waals surface area contributed by atoms with E-state index in [0.29, 0.717) is 48.7 Å². The smallest absolute Gasteiger partial charge is 0.295 e. The number of fused-ring (bicyclic) bond motifs is 1. The topological polar surface area (TPSA) is 83.9 Å². The molecule has 0 radical (unpaired) electrons. The quantitative estimate of drug-likeness (QED) is 0.374. The van der Waals surface area contributed by atoms with Gasteiger partial charge in [0.25, 0.3) is 17.6 Å². The summed E-state index contributed by atoms with van der Waals surface area (Å²) in [6, 6.07) is 11.8. The number of ether oxygens (including phenoxy) is 1. The first-order valence-electron chi connectivity index (χ1n) is 14.0. The maximum atomic E-state index is 14.0. The molecule has 1 N–H and O–H groups in total. The zero-order valence-electron chi connectivity index (χ0n) is 23.6. The molecule has 8 nitrogen and oxygen atoms in total. The maximum absolute atomic E-state index is 14.0. The summed E-state index contributed by atoms with van der Waals surface area (Å²) in [5, 5.41) is 3.90. The van der Waals surface area contributed by atoms with Crippen molar-refractivity contribution in [3.63, 3.8) is 0 Å². The standard InChI is InChI=1S/C31H37FN4O4/c1-19-18-36(20(2)17-33-19)31(39)29(37)27-25-10-9-24(40-4)16-26(25)34(3)28(27)30(38)35-13-11-22(12-14-35)15-21-5-7-23(32)8-6-21/h5-10,16,19-20,22,33H,11-15,17-18H2,1-4H3/t19-,20+/m0/s1. The summed E-state index contributed by atoms with van der Waals surface area (Å²) >= 11 is 0. The monoisotopic (exact) mass is 548 g/mol. The Bertz CT molecular complexity index is 1430. The van der Waals surface area contributed by atoms with Crippen molar-refractivity contribution in [2.24, 2.45) is 13.0 Å². The number of ketones is 1. The molecule has 0 unspecified atom stereocenters. The van der Waals surface area contributed by atoms with Crippen LogP contribution in [-0.2, 0) is 18.3 Å². The molecule has 0 bridgehead atoms. The van der Waals surface area contributed by atoms with Gasteiger partial charge in [-0.1, -0.05) is 12.1 Å². The average molecular weight is 549 g/mol. The molecule has 3 aromatic rings. The number of halogens is 1. The number of carbonyl (C=O) groups is 3. The number of hydrogen-bond acceptors (Lipinski definition) is 5. The van der Waals surface area contributed by atoms with Gasteiger partial charge in [0.1, 0.15) is 17.3 Å². The Morgan fingerprint density at radius 2 is 1.75 bits per heavy atom. The van der Waals surface area contributed by atoms with Crippen molar-refractivity contribution in [3.05, 3.63) is 65.1 Å². The largest absolute Gasteiger partial charge is 0.497 e.